The van der Waals surface area contributed by atoms with Crippen molar-refractivity contribution in [2.45, 2.75) is 52.0 Å². The molecule has 132 valence electrons. The molecule has 2 rings (SSSR count). The molecule has 1 aliphatic heterocycles. The van der Waals surface area contributed by atoms with Gasteiger partial charge in [0.05, 0.1) is 6.54 Å². The third-order valence-electron chi connectivity index (χ3n) is 3.99. The Morgan fingerprint density at radius 3 is 2.12 bits per heavy atom. The number of nitrogens with one attached hydrogen (secondary N) is 2. The highest BCUT2D eigenvalue weighted by Gasteiger charge is 2.17. The van der Waals surface area contributed by atoms with Gasteiger partial charge in [-0.3, -0.25) is 9.59 Å². The van der Waals surface area contributed by atoms with Gasteiger partial charge in [-0.1, -0.05) is 12.8 Å². The van der Waals surface area contributed by atoms with Crippen LogP contribution in [-0.4, -0.2) is 41.9 Å². The molecule has 1 aromatic rings. The van der Waals surface area contributed by atoms with Crippen molar-refractivity contribution in [2.75, 3.05) is 25.0 Å². The lowest BCUT2D eigenvalue weighted by Crippen LogP contribution is -2.43. The van der Waals surface area contributed by atoms with E-state index in [0.717, 1.165) is 31.6 Å². The van der Waals surface area contributed by atoms with E-state index in [0.29, 0.717) is 5.56 Å². The third kappa shape index (κ3) is 5.87. The van der Waals surface area contributed by atoms with Crippen LogP contribution in [0.3, 0.4) is 0 Å². The molecule has 5 heteroatoms. The largest absolute Gasteiger partial charge is 0.376 e. The number of carbonyl (C=O) groups excluding carboxylic acids is 2. The van der Waals surface area contributed by atoms with E-state index in [9.17, 15) is 9.59 Å². The SMILES string of the molecule is CC(C)(C)NC(=O)CNc1ccc(C(=O)N2CCCCCC2)cc1. The van der Waals surface area contributed by atoms with Crippen LogP contribution in [0.1, 0.15) is 56.8 Å². The molecule has 1 heterocycles. The van der Waals surface area contributed by atoms with E-state index >= 15 is 0 Å². The van der Waals surface area contributed by atoms with Crippen molar-refractivity contribution in [2.24, 2.45) is 0 Å². The molecule has 0 aromatic heterocycles. The molecule has 5 nitrogen and oxygen atoms in total. The van der Waals surface area contributed by atoms with Gasteiger partial charge in [0.2, 0.25) is 5.91 Å². The summed E-state index contributed by atoms with van der Waals surface area (Å²) in [7, 11) is 0. The van der Waals surface area contributed by atoms with Crippen molar-refractivity contribution in [1.29, 1.82) is 0 Å². The number of nitrogens with zero attached hydrogens (tertiary/aromatic N) is 1. The summed E-state index contributed by atoms with van der Waals surface area (Å²) in [6.07, 6.45) is 4.61. The van der Waals surface area contributed by atoms with Gasteiger partial charge in [-0.05, 0) is 57.9 Å². The second-order valence-electron chi connectivity index (χ2n) is 7.44. The Balaban J connectivity index is 1.88. The number of amides is 2. The van der Waals surface area contributed by atoms with Crippen LogP contribution >= 0.6 is 0 Å². The van der Waals surface area contributed by atoms with Crippen molar-refractivity contribution in [3.8, 4) is 0 Å². The first kappa shape index (κ1) is 18.3. The van der Waals surface area contributed by atoms with E-state index in [1.165, 1.54) is 12.8 Å². The quantitative estimate of drug-likeness (QED) is 0.891. The predicted octanol–water partition coefficient (Wildman–Crippen LogP) is 3.03. The Bertz CT molecular complexity index is 553. The molecule has 0 unspecified atom stereocenters. The molecule has 1 saturated heterocycles. The molecule has 2 amide bonds. The van der Waals surface area contributed by atoms with E-state index in [2.05, 4.69) is 10.6 Å². The van der Waals surface area contributed by atoms with E-state index < -0.39 is 0 Å². The van der Waals surface area contributed by atoms with Crippen molar-refractivity contribution < 1.29 is 9.59 Å². The summed E-state index contributed by atoms with van der Waals surface area (Å²) < 4.78 is 0. The van der Waals surface area contributed by atoms with Crippen LogP contribution in [0.2, 0.25) is 0 Å². The molecule has 0 saturated carbocycles. The van der Waals surface area contributed by atoms with Crippen molar-refractivity contribution in [3.05, 3.63) is 29.8 Å². The summed E-state index contributed by atoms with van der Waals surface area (Å²) in [5.74, 6) is 0.0566. The van der Waals surface area contributed by atoms with Gasteiger partial charge in [0.25, 0.3) is 5.91 Å². The minimum Gasteiger partial charge on any atom is -0.376 e. The van der Waals surface area contributed by atoms with Gasteiger partial charge in [0.1, 0.15) is 0 Å². The number of likely N-dealkylation sites (tertiary alicyclic amines) is 1. The lowest BCUT2D eigenvalue weighted by atomic mass is 10.1. The number of benzene rings is 1. The maximum absolute atomic E-state index is 12.5. The Kier molecular flexibility index (Phi) is 6.23. The molecule has 0 bridgehead atoms. The number of rotatable bonds is 4. The maximum atomic E-state index is 12.5. The Hall–Kier alpha value is -2.04. The van der Waals surface area contributed by atoms with Crippen LogP contribution in [0.25, 0.3) is 0 Å². The van der Waals surface area contributed by atoms with Gasteiger partial charge in [-0.25, -0.2) is 0 Å². The topological polar surface area (TPSA) is 61.4 Å². The smallest absolute Gasteiger partial charge is 0.253 e. The molecule has 0 aliphatic carbocycles. The van der Waals surface area contributed by atoms with Gasteiger partial charge in [0, 0.05) is 29.9 Å². The molecule has 2 N–H and O–H groups in total. The fourth-order valence-electron chi connectivity index (χ4n) is 2.83. The molecular formula is C19H29N3O2. The fourth-order valence-corrected chi connectivity index (χ4v) is 2.83. The number of anilines is 1. The minimum atomic E-state index is -0.234. The Morgan fingerprint density at radius 2 is 1.58 bits per heavy atom. The molecule has 0 atom stereocenters. The summed E-state index contributed by atoms with van der Waals surface area (Å²) in [6.45, 7) is 7.78. The van der Waals surface area contributed by atoms with Crippen LogP contribution in [-0.2, 0) is 4.79 Å². The summed E-state index contributed by atoms with van der Waals surface area (Å²) >= 11 is 0. The lowest BCUT2D eigenvalue weighted by Gasteiger charge is -2.21. The fraction of sp³-hybridized carbons (Fsp3) is 0.579. The van der Waals surface area contributed by atoms with E-state index in [1.807, 2.05) is 49.9 Å². The van der Waals surface area contributed by atoms with Crippen LogP contribution in [0, 0.1) is 0 Å². The van der Waals surface area contributed by atoms with Gasteiger partial charge in [-0.2, -0.15) is 0 Å². The first-order valence-electron chi connectivity index (χ1n) is 8.79. The number of hydrogen-bond donors (Lipinski definition) is 2. The first-order valence-corrected chi connectivity index (χ1v) is 8.79. The van der Waals surface area contributed by atoms with Gasteiger partial charge < -0.3 is 15.5 Å². The molecule has 24 heavy (non-hydrogen) atoms. The second-order valence-corrected chi connectivity index (χ2v) is 7.44. The van der Waals surface area contributed by atoms with Crippen molar-refractivity contribution in [1.82, 2.24) is 10.2 Å². The summed E-state index contributed by atoms with van der Waals surface area (Å²) in [6, 6.07) is 7.37. The van der Waals surface area contributed by atoms with E-state index in [-0.39, 0.29) is 23.9 Å². The Morgan fingerprint density at radius 1 is 1.00 bits per heavy atom. The number of hydrogen-bond acceptors (Lipinski definition) is 3. The zero-order valence-electron chi connectivity index (χ0n) is 15.0. The van der Waals surface area contributed by atoms with Gasteiger partial charge >= 0.3 is 0 Å². The van der Waals surface area contributed by atoms with Crippen LogP contribution in [0.15, 0.2) is 24.3 Å². The molecule has 0 radical (unpaired) electrons. The maximum Gasteiger partial charge on any atom is 0.253 e. The summed E-state index contributed by atoms with van der Waals surface area (Å²) in [5.41, 5.74) is 1.32. The average molecular weight is 331 g/mol. The van der Waals surface area contributed by atoms with Gasteiger partial charge in [-0.15, -0.1) is 0 Å². The normalized spacial score (nSPS) is 15.5. The minimum absolute atomic E-state index is 0.0489. The second kappa shape index (κ2) is 8.18. The summed E-state index contributed by atoms with van der Waals surface area (Å²) in [5, 5.41) is 5.99. The third-order valence-corrected chi connectivity index (χ3v) is 3.99. The molecule has 1 fully saturated rings. The van der Waals surface area contributed by atoms with Crippen molar-refractivity contribution in [3.63, 3.8) is 0 Å². The van der Waals surface area contributed by atoms with Crippen LogP contribution in [0.4, 0.5) is 5.69 Å². The average Bonchev–Trinajstić information content (AvgIpc) is 2.80. The predicted molar refractivity (Wildman–Crippen MR) is 97.2 cm³/mol. The zero-order valence-corrected chi connectivity index (χ0v) is 15.0. The van der Waals surface area contributed by atoms with Crippen molar-refractivity contribution >= 4 is 17.5 Å². The van der Waals surface area contributed by atoms with Gasteiger partial charge in [0.15, 0.2) is 0 Å². The molecule has 1 aromatic carbocycles. The Labute approximate surface area is 144 Å². The highest BCUT2D eigenvalue weighted by molar-refractivity contribution is 5.94. The van der Waals surface area contributed by atoms with E-state index in [1.54, 1.807) is 0 Å². The summed E-state index contributed by atoms with van der Waals surface area (Å²) in [4.78, 5) is 26.3. The molecule has 0 spiro atoms. The molecular weight excluding hydrogens is 302 g/mol. The highest BCUT2D eigenvalue weighted by atomic mass is 16.2. The monoisotopic (exact) mass is 331 g/mol. The zero-order chi connectivity index (χ0) is 17.6. The molecule has 1 aliphatic rings. The standard InChI is InChI=1S/C19H29N3O2/c1-19(2,3)21-17(23)14-20-16-10-8-15(9-11-16)18(24)22-12-6-4-5-7-13-22/h8-11,20H,4-7,12-14H2,1-3H3,(H,21,23). The highest BCUT2D eigenvalue weighted by Crippen LogP contribution is 2.15. The van der Waals surface area contributed by atoms with Crippen LogP contribution < -0.4 is 10.6 Å². The van der Waals surface area contributed by atoms with Crippen LogP contribution in [0.5, 0.6) is 0 Å². The number of carbonyl (C=O) groups is 2. The lowest BCUT2D eigenvalue weighted by molar-refractivity contribution is -0.120. The van der Waals surface area contributed by atoms with E-state index in [4.69, 9.17) is 0 Å². The first-order chi connectivity index (χ1) is 11.3.